The van der Waals surface area contributed by atoms with Crippen molar-refractivity contribution in [2.45, 2.75) is 6.04 Å². The Hall–Kier alpha value is -0.910. The highest BCUT2D eigenvalue weighted by atomic mass is 79.9. The largest absolute Gasteiger partial charge is 0.307 e. The number of pyridine rings is 1. The highest BCUT2D eigenvalue weighted by Gasteiger charge is 2.20. The number of halogens is 2. The molecule has 0 saturated carbocycles. The van der Waals surface area contributed by atoms with Crippen LogP contribution >= 0.6 is 27.5 Å². The summed E-state index contributed by atoms with van der Waals surface area (Å²) in [5.74, 6) is 0. The van der Waals surface area contributed by atoms with Crippen molar-refractivity contribution in [3.05, 3.63) is 45.4 Å². The van der Waals surface area contributed by atoms with Crippen LogP contribution in [0.5, 0.6) is 0 Å². The summed E-state index contributed by atoms with van der Waals surface area (Å²) in [5, 5.41) is 8.06. The van der Waals surface area contributed by atoms with Gasteiger partial charge in [0.25, 0.3) is 0 Å². The number of hydrogen-bond donors (Lipinski definition) is 1. The van der Waals surface area contributed by atoms with Crippen molar-refractivity contribution >= 4 is 27.5 Å². The molecule has 0 radical (unpaired) electrons. The van der Waals surface area contributed by atoms with Gasteiger partial charge in [-0.2, -0.15) is 5.10 Å². The highest BCUT2D eigenvalue weighted by molar-refractivity contribution is 9.10. The van der Waals surface area contributed by atoms with Crippen LogP contribution in [0, 0.1) is 0 Å². The van der Waals surface area contributed by atoms with Gasteiger partial charge in [-0.05, 0) is 35.1 Å². The molecule has 90 valence electrons. The fourth-order valence-electron chi connectivity index (χ4n) is 1.73. The van der Waals surface area contributed by atoms with Gasteiger partial charge in [-0.25, -0.2) is 0 Å². The van der Waals surface area contributed by atoms with Crippen molar-refractivity contribution in [2.24, 2.45) is 7.05 Å². The summed E-state index contributed by atoms with van der Waals surface area (Å²) in [5.41, 5.74) is 1.93. The summed E-state index contributed by atoms with van der Waals surface area (Å²) in [6, 6.07) is 3.72. The van der Waals surface area contributed by atoms with Gasteiger partial charge in [-0.15, -0.1) is 0 Å². The maximum absolute atomic E-state index is 5.84. The van der Waals surface area contributed by atoms with Crippen LogP contribution in [0.4, 0.5) is 0 Å². The number of rotatable bonds is 3. The van der Waals surface area contributed by atoms with Crippen LogP contribution in [-0.4, -0.2) is 21.8 Å². The molecule has 0 bridgehead atoms. The third-order valence-electron chi connectivity index (χ3n) is 2.55. The van der Waals surface area contributed by atoms with Gasteiger partial charge in [0.1, 0.15) is 0 Å². The Labute approximate surface area is 113 Å². The molecule has 2 rings (SSSR count). The van der Waals surface area contributed by atoms with E-state index in [1.807, 2.05) is 30.9 Å². The SMILES string of the molecule is CNC(c1ccc(Cl)cn1)c1c(Br)cnn1C. The lowest BCUT2D eigenvalue weighted by Crippen LogP contribution is -2.22. The number of nitrogens with zero attached hydrogens (tertiary/aromatic N) is 3. The first-order valence-electron chi connectivity index (χ1n) is 5.09. The average Bonchev–Trinajstić information content (AvgIpc) is 2.64. The van der Waals surface area contributed by atoms with Gasteiger partial charge in [0.2, 0.25) is 0 Å². The summed E-state index contributed by atoms with van der Waals surface area (Å²) in [4.78, 5) is 4.33. The van der Waals surface area contributed by atoms with Crippen LogP contribution in [-0.2, 0) is 7.05 Å². The fraction of sp³-hybridized carbons (Fsp3) is 0.273. The molecule has 0 saturated heterocycles. The molecule has 6 heteroatoms. The molecule has 0 aromatic carbocycles. The zero-order valence-corrected chi connectivity index (χ0v) is 11.8. The maximum Gasteiger partial charge on any atom is 0.0930 e. The van der Waals surface area contributed by atoms with Crippen LogP contribution in [0.3, 0.4) is 0 Å². The second kappa shape index (κ2) is 5.16. The number of aryl methyl sites for hydroxylation is 1. The minimum Gasteiger partial charge on any atom is -0.307 e. The lowest BCUT2D eigenvalue weighted by atomic mass is 10.1. The molecule has 17 heavy (non-hydrogen) atoms. The van der Waals surface area contributed by atoms with Gasteiger partial charge in [-0.1, -0.05) is 11.6 Å². The van der Waals surface area contributed by atoms with Crippen molar-refractivity contribution in [3.63, 3.8) is 0 Å². The van der Waals surface area contributed by atoms with E-state index in [1.54, 1.807) is 12.4 Å². The second-order valence-corrected chi connectivity index (χ2v) is 4.92. The highest BCUT2D eigenvalue weighted by Crippen LogP contribution is 2.27. The molecule has 2 heterocycles. The fourth-order valence-corrected chi connectivity index (χ4v) is 2.42. The molecule has 2 aromatic rings. The summed E-state index contributed by atoms with van der Waals surface area (Å²) in [7, 11) is 3.79. The minimum absolute atomic E-state index is 0.0193. The monoisotopic (exact) mass is 314 g/mol. The van der Waals surface area contributed by atoms with E-state index in [1.165, 1.54) is 0 Å². The molecule has 0 aliphatic carbocycles. The Balaban J connectivity index is 2.43. The Kier molecular flexibility index (Phi) is 3.81. The maximum atomic E-state index is 5.84. The number of nitrogens with one attached hydrogen (secondary N) is 1. The van der Waals surface area contributed by atoms with E-state index in [4.69, 9.17) is 11.6 Å². The van der Waals surface area contributed by atoms with Gasteiger partial charge in [-0.3, -0.25) is 9.67 Å². The van der Waals surface area contributed by atoms with Crippen molar-refractivity contribution in [2.75, 3.05) is 7.05 Å². The topological polar surface area (TPSA) is 42.7 Å². The summed E-state index contributed by atoms with van der Waals surface area (Å²) < 4.78 is 2.78. The smallest absolute Gasteiger partial charge is 0.0930 e. The van der Waals surface area contributed by atoms with E-state index in [9.17, 15) is 0 Å². The molecular weight excluding hydrogens is 304 g/mol. The van der Waals surface area contributed by atoms with Crippen molar-refractivity contribution < 1.29 is 0 Å². The van der Waals surface area contributed by atoms with Gasteiger partial charge < -0.3 is 5.32 Å². The van der Waals surface area contributed by atoms with Crippen molar-refractivity contribution in [1.82, 2.24) is 20.1 Å². The first-order valence-corrected chi connectivity index (χ1v) is 6.26. The lowest BCUT2D eigenvalue weighted by molar-refractivity contribution is 0.592. The van der Waals surface area contributed by atoms with Gasteiger partial charge >= 0.3 is 0 Å². The molecule has 0 aliphatic heterocycles. The molecule has 0 fully saturated rings. The quantitative estimate of drug-likeness (QED) is 0.946. The molecule has 0 aliphatic rings. The van der Waals surface area contributed by atoms with Gasteiger partial charge in [0.05, 0.1) is 33.1 Å². The third kappa shape index (κ3) is 2.51. The lowest BCUT2D eigenvalue weighted by Gasteiger charge is -2.16. The van der Waals surface area contributed by atoms with E-state index in [0.29, 0.717) is 5.02 Å². The molecule has 2 aromatic heterocycles. The number of hydrogen-bond acceptors (Lipinski definition) is 3. The molecule has 4 nitrogen and oxygen atoms in total. The summed E-state index contributed by atoms with van der Waals surface area (Å²) >= 11 is 9.33. The predicted molar refractivity (Wildman–Crippen MR) is 71.1 cm³/mol. The van der Waals surface area contributed by atoms with Crippen LogP contribution < -0.4 is 5.32 Å². The normalized spacial score (nSPS) is 12.7. The summed E-state index contributed by atoms with van der Waals surface area (Å²) in [6.45, 7) is 0. The predicted octanol–water partition coefficient (Wildman–Crippen LogP) is 2.54. The Morgan fingerprint density at radius 2 is 2.18 bits per heavy atom. The van der Waals surface area contributed by atoms with Crippen LogP contribution in [0.25, 0.3) is 0 Å². The molecule has 1 unspecified atom stereocenters. The van der Waals surface area contributed by atoms with Gasteiger partial charge in [0.15, 0.2) is 0 Å². The van der Waals surface area contributed by atoms with Crippen molar-refractivity contribution in [1.29, 1.82) is 0 Å². The molecule has 1 N–H and O–H groups in total. The van der Waals surface area contributed by atoms with Crippen molar-refractivity contribution in [3.8, 4) is 0 Å². The Bertz CT molecular complexity index is 489. The molecule has 1 atom stereocenters. The van der Waals surface area contributed by atoms with Crippen LogP contribution in [0.1, 0.15) is 17.4 Å². The van der Waals surface area contributed by atoms with Crippen LogP contribution in [0.15, 0.2) is 29.0 Å². The zero-order valence-electron chi connectivity index (χ0n) is 9.48. The Morgan fingerprint density at radius 3 is 2.65 bits per heavy atom. The minimum atomic E-state index is -0.0193. The first kappa shape index (κ1) is 12.5. The Morgan fingerprint density at radius 1 is 1.41 bits per heavy atom. The van der Waals surface area contributed by atoms with Crippen LogP contribution in [0.2, 0.25) is 5.02 Å². The number of aromatic nitrogens is 3. The van der Waals surface area contributed by atoms with E-state index >= 15 is 0 Å². The molecule has 0 amide bonds. The second-order valence-electron chi connectivity index (χ2n) is 3.62. The summed E-state index contributed by atoms with van der Waals surface area (Å²) in [6.07, 6.45) is 3.42. The third-order valence-corrected chi connectivity index (χ3v) is 3.38. The van der Waals surface area contributed by atoms with E-state index in [-0.39, 0.29) is 6.04 Å². The standard InChI is InChI=1S/C11H12BrClN4/c1-14-10(9-4-3-7(13)5-15-9)11-8(12)6-16-17(11)2/h3-6,10,14H,1-2H3. The molecule has 0 spiro atoms. The van der Waals surface area contributed by atoms with E-state index in [2.05, 4.69) is 31.3 Å². The molecular formula is C11H12BrClN4. The van der Waals surface area contributed by atoms with E-state index < -0.39 is 0 Å². The zero-order chi connectivity index (χ0) is 12.4. The van der Waals surface area contributed by atoms with Gasteiger partial charge in [0, 0.05) is 13.2 Å². The van der Waals surface area contributed by atoms with E-state index in [0.717, 1.165) is 15.9 Å². The first-order chi connectivity index (χ1) is 8.13. The average molecular weight is 316 g/mol.